The number of Topliss-reactive ketones (excluding diaryl/α,β-unsaturated/α-hetero) is 1. The zero-order valence-electron chi connectivity index (χ0n) is 15.8. The number of benzene rings is 1. The number of nitrogens with one attached hydrogen (secondary N) is 1. The molecule has 2 aromatic heterocycles. The predicted molar refractivity (Wildman–Crippen MR) is 109 cm³/mol. The number of aromatic nitrogens is 3. The van der Waals surface area contributed by atoms with Crippen molar-refractivity contribution in [3.8, 4) is 11.4 Å². The van der Waals surface area contributed by atoms with Crippen molar-refractivity contribution in [2.75, 3.05) is 6.54 Å². The molecule has 0 saturated carbocycles. The monoisotopic (exact) mass is 398 g/mol. The van der Waals surface area contributed by atoms with E-state index in [2.05, 4.69) is 20.4 Å². The highest BCUT2D eigenvalue weighted by Gasteiger charge is 2.21. The lowest BCUT2D eigenvalue weighted by Gasteiger charge is -2.19. The minimum atomic E-state index is 0. The van der Waals surface area contributed by atoms with Gasteiger partial charge < -0.3 is 9.84 Å². The van der Waals surface area contributed by atoms with E-state index in [0.717, 1.165) is 36.3 Å². The molecule has 0 saturated heterocycles. The van der Waals surface area contributed by atoms with E-state index < -0.39 is 0 Å². The smallest absolute Gasteiger partial charge is 0.226 e. The maximum atomic E-state index is 12.2. The van der Waals surface area contributed by atoms with Crippen molar-refractivity contribution < 1.29 is 9.32 Å². The van der Waals surface area contributed by atoms with Crippen LogP contribution in [0.4, 0.5) is 0 Å². The number of halogens is 1. The number of ketones is 1. The van der Waals surface area contributed by atoms with Gasteiger partial charge >= 0.3 is 0 Å². The Bertz CT molecular complexity index is 956. The maximum Gasteiger partial charge on any atom is 0.226 e. The Kier molecular flexibility index (Phi) is 6.54. The largest absolute Gasteiger partial charge is 0.339 e. The second-order valence-corrected chi connectivity index (χ2v) is 6.80. The first-order valence-corrected chi connectivity index (χ1v) is 9.31. The molecule has 3 aromatic rings. The molecule has 0 unspecified atom stereocenters. The molecule has 4 rings (SSSR count). The maximum absolute atomic E-state index is 12.2. The van der Waals surface area contributed by atoms with Gasteiger partial charge in [0.15, 0.2) is 5.78 Å². The minimum absolute atomic E-state index is 0. The molecule has 3 heterocycles. The summed E-state index contributed by atoms with van der Waals surface area (Å²) in [5.74, 6) is 1.31. The van der Waals surface area contributed by atoms with Crippen LogP contribution in [0.3, 0.4) is 0 Å². The molecule has 146 valence electrons. The van der Waals surface area contributed by atoms with Crippen LogP contribution in [0.15, 0.2) is 41.1 Å². The molecule has 1 aliphatic heterocycles. The van der Waals surface area contributed by atoms with Gasteiger partial charge in [0, 0.05) is 42.4 Å². The molecule has 0 amide bonds. The van der Waals surface area contributed by atoms with Crippen molar-refractivity contribution in [2.24, 2.45) is 0 Å². The Balaban J connectivity index is 0.00000225. The molecule has 1 aromatic carbocycles. The van der Waals surface area contributed by atoms with E-state index in [1.165, 1.54) is 11.1 Å². The standard InChI is InChI=1S/C21H22N4O2.ClH/c1-14-20(17-10-11-22-12-16(17)13-23-14)21-24-19(27-25-21)9-5-8-18(26)15-6-3-2-4-7-15;/h2-4,6-7,13,22H,5,8-12H2,1H3;1H. The summed E-state index contributed by atoms with van der Waals surface area (Å²) < 4.78 is 5.44. The van der Waals surface area contributed by atoms with E-state index in [4.69, 9.17) is 4.52 Å². The van der Waals surface area contributed by atoms with Crippen molar-refractivity contribution in [3.63, 3.8) is 0 Å². The number of hydrogen-bond acceptors (Lipinski definition) is 6. The first-order valence-electron chi connectivity index (χ1n) is 9.31. The average Bonchev–Trinajstić information content (AvgIpc) is 3.17. The van der Waals surface area contributed by atoms with Gasteiger partial charge in [-0.2, -0.15) is 4.98 Å². The number of pyridine rings is 1. The van der Waals surface area contributed by atoms with Crippen LogP contribution in [0.5, 0.6) is 0 Å². The van der Waals surface area contributed by atoms with Gasteiger partial charge in [-0.1, -0.05) is 35.5 Å². The van der Waals surface area contributed by atoms with Crippen LogP contribution in [0.25, 0.3) is 11.4 Å². The van der Waals surface area contributed by atoms with Gasteiger partial charge in [-0.3, -0.25) is 9.78 Å². The van der Waals surface area contributed by atoms with E-state index in [0.29, 0.717) is 31.0 Å². The molecule has 0 bridgehead atoms. The summed E-state index contributed by atoms with van der Waals surface area (Å²) >= 11 is 0. The first-order chi connectivity index (χ1) is 13.2. The van der Waals surface area contributed by atoms with Crippen molar-refractivity contribution in [1.29, 1.82) is 0 Å². The Morgan fingerprint density at radius 3 is 2.89 bits per heavy atom. The molecule has 7 heteroatoms. The lowest BCUT2D eigenvalue weighted by Crippen LogP contribution is -2.24. The highest BCUT2D eigenvalue weighted by Crippen LogP contribution is 2.28. The van der Waals surface area contributed by atoms with Gasteiger partial charge in [0.1, 0.15) is 0 Å². The summed E-state index contributed by atoms with van der Waals surface area (Å²) in [5.41, 5.74) is 5.11. The number of nitrogens with zero attached hydrogens (tertiary/aromatic N) is 3. The van der Waals surface area contributed by atoms with Crippen LogP contribution in [0, 0.1) is 6.92 Å². The molecule has 28 heavy (non-hydrogen) atoms. The number of aryl methyl sites for hydroxylation is 2. The fourth-order valence-corrected chi connectivity index (χ4v) is 3.49. The number of carbonyl (C=O) groups excluding carboxylic acids is 1. The normalized spacial score (nSPS) is 12.9. The third-order valence-electron chi connectivity index (χ3n) is 4.91. The summed E-state index contributed by atoms with van der Waals surface area (Å²) in [6.07, 6.45) is 4.60. The van der Waals surface area contributed by atoms with Crippen molar-refractivity contribution in [1.82, 2.24) is 20.4 Å². The summed E-state index contributed by atoms with van der Waals surface area (Å²) in [5, 5.41) is 7.54. The fourth-order valence-electron chi connectivity index (χ4n) is 3.49. The van der Waals surface area contributed by atoms with Crippen LogP contribution in [-0.2, 0) is 19.4 Å². The number of rotatable bonds is 6. The summed E-state index contributed by atoms with van der Waals surface area (Å²) in [6.45, 7) is 3.74. The summed E-state index contributed by atoms with van der Waals surface area (Å²) in [6, 6.07) is 9.35. The lowest BCUT2D eigenvalue weighted by molar-refractivity contribution is 0.0979. The molecule has 1 N–H and O–H groups in total. The van der Waals surface area contributed by atoms with Gasteiger partial charge in [-0.05, 0) is 37.4 Å². The topological polar surface area (TPSA) is 80.9 Å². The van der Waals surface area contributed by atoms with E-state index in [9.17, 15) is 4.79 Å². The molecule has 0 fully saturated rings. The molecule has 0 aliphatic carbocycles. The Hall–Kier alpha value is -2.57. The molecule has 1 aliphatic rings. The van der Waals surface area contributed by atoms with Crippen molar-refractivity contribution in [2.45, 2.75) is 39.2 Å². The van der Waals surface area contributed by atoms with E-state index in [-0.39, 0.29) is 18.2 Å². The van der Waals surface area contributed by atoms with Gasteiger partial charge in [0.05, 0.1) is 0 Å². The SMILES string of the molecule is Cc1ncc2c(c1-c1noc(CCCC(=O)c3ccccc3)n1)CCNC2.Cl. The zero-order chi connectivity index (χ0) is 18.6. The first kappa shape index (κ1) is 20.2. The Morgan fingerprint density at radius 1 is 1.25 bits per heavy atom. The molecular formula is C21H23ClN4O2. The number of fused-ring (bicyclic) bond motifs is 1. The van der Waals surface area contributed by atoms with Gasteiger partial charge in [-0.15, -0.1) is 12.4 Å². The molecule has 0 atom stereocenters. The molecular weight excluding hydrogens is 376 g/mol. The Labute approximate surface area is 170 Å². The van der Waals surface area contributed by atoms with Gasteiger partial charge in [0.2, 0.25) is 11.7 Å². The number of hydrogen-bond donors (Lipinski definition) is 1. The van der Waals surface area contributed by atoms with Crippen molar-refractivity contribution in [3.05, 3.63) is 64.8 Å². The zero-order valence-corrected chi connectivity index (χ0v) is 16.6. The number of carbonyl (C=O) groups is 1. The quantitative estimate of drug-likeness (QED) is 0.637. The molecule has 6 nitrogen and oxygen atoms in total. The third kappa shape index (κ3) is 4.29. The minimum Gasteiger partial charge on any atom is -0.339 e. The van der Waals surface area contributed by atoms with Crippen molar-refractivity contribution >= 4 is 18.2 Å². The second-order valence-electron chi connectivity index (χ2n) is 6.80. The van der Waals surface area contributed by atoms with Crippen LogP contribution in [-0.4, -0.2) is 27.5 Å². The van der Waals surface area contributed by atoms with Crippen LogP contribution in [0.1, 0.15) is 45.9 Å². The predicted octanol–water partition coefficient (Wildman–Crippen LogP) is 3.71. The summed E-state index contributed by atoms with van der Waals surface area (Å²) in [4.78, 5) is 21.2. The van der Waals surface area contributed by atoms with E-state index >= 15 is 0 Å². The molecule has 0 radical (unpaired) electrons. The lowest BCUT2D eigenvalue weighted by atomic mass is 9.95. The van der Waals surface area contributed by atoms with E-state index in [1.807, 2.05) is 43.5 Å². The van der Waals surface area contributed by atoms with E-state index in [1.54, 1.807) is 0 Å². The highest BCUT2D eigenvalue weighted by atomic mass is 35.5. The van der Waals surface area contributed by atoms with Crippen LogP contribution >= 0.6 is 12.4 Å². The third-order valence-corrected chi connectivity index (χ3v) is 4.91. The van der Waals surface area contributed by atoms with Gasteiger partial charge in [-0.25, -0.2) is 0 Å². The van der Waals surface area contributed by atoms with Crippen LogP contribution < -0.4 is 5.32 Å². The summed E-state index contributed by atoms with van der Waals surface area (Å²) in [7, 11) is 0. The average molecular weight is 399 g/mol. The fraction of sp³-hybridized carbons (Fsp3) is 0.333. The second kappa shape index (κ2) is 9.08. The highest BCUT2D eigenvalue weighted by molar-refractivity contribution is 5.95. The van der Waals surface area contributed by atoms with Gasteiger partial charge in [0.25, 0.3) is 0 Å². The van der Waals surface area contributed by atoms with Crippen LogP contribution in [0.2, 0.25) is 0 Å². The molecule has 0 spiro atoms. The Morgan fingerprint density at radius 2 is 2.07 bits per heavy atom.